The van der Waals surface area contributed by atoms with Gasteiger partial charge in [0.2, 0.25) is 0 Å². The molecule has 0 saturated heterocycles. The number of fused-ring (bicyclic) bond motifs is 1. The van der Waals surface area contributed by atoms with Crippen LogP contribution < -0.4 is 9.04 Å². The summed E-state index contributed by atoms with van der Waals surface area (Å²) in [6.45, 7) is 0. The molecule has 35 heavy (non-hydrogen) atoms. The Kier molecular flexibility index (Phi) is 5.96. The van der Waals surface area contributed by atoms with Gasteiger partial charge in [0.25, 0.3) is 10.0 Å². The van der Waals surface area contributed by atoms with Crippen LogP contribution in [-0.2, 0) is 10.0 Å². The molecule has 0 aliphatic carbocycles. The van der Waals surface area contributed by atoms with Gasteiger partial charge in [0.05, 0.1) is 28.7 Å². The second kappa shape index (κ2) is 9.09. The van der Waals surface area contributed by atoms with Crippen molar-refractivity contribution in [1.29, 1.82) is 0 Å². The summed E-state index contributed by atoms with van der Waals surface area (Å²) in [4.78, 5) is 5.05. The highest BCUT2D eigenvalue weighted by molar-refractivity contribution is 7.92. The molecule has 0 atom stereocenters. The van der Waals surface area contributed by atoms with Gasteiger partial charge in [0, 0.05) is 23.3 Å². The van der Waals surface area contributed by atoms with E-state index in [-0.39, 0.29) is 4.90 Å². The summed E-state index contributed by atoms with van der Waals surface area (Å²) in [6, 6.07) is 29.1. The van der Waals surface area contributed by atoms with Gasteiger partial charge in [-0.25, -0.2) is 13.4 Å². The molecule has 176 valence electrons. The molecule has 0 aliphatic rings. The lowest BCUT2D eigenvalue weighted by Gasteiger charge is -2.20. The van der Waals surface area contributed by atoms with Gasteiger partial charge in [-0.05, 0) is 66.7 Å². The van der Waals surface area contributed by atoms with Gasteiger partial charge in [0.15, 0.2) is 0 Å². The van der Waals surface area contributed by atoms with Crippen molar-refractivity contribution in [2.24, 2.45) is 0 Å². The smallest absolute Gasteiger partial charge is 0.264 e. The van der Waals surface area contributed by atoms with Crippen LogP contribution in [0.5, 0.6) is 5.75 Å². The first-order chi connectivity index (χ1) is 16.9. The van der Waals surface area contributed by atoms with Gasteiger partial charge < -0.3 is 4.74 Å². The first kappa shape index (κ1) is 23.0. The van der Waals surface area contributed by atoms with Crippen LogP contribution in [0, 0.1) is 0 Å². The standard InChI is InChI=1S/C27H22ClN3O3S/c1-30(35(32,33)24-15-8-20(28)9-16-24)22-12-17-25-26(18-22)31(21-10-13-23(34-2)14-11-21)27(29-25)19-6-4-3-5-7-19/h3-18H,1-2H3. The predicted octanol–water partition coefficient (Wildman–Crippen LogP) is 6.18. The minimum absolute atomic E-state index is 0.165. The number of methoxy groups -OCH3 is 1. The Morgan fingerprint density at radius 1 is 0.886 bits per heavy atom. The molecule has 0 saturated carbocycles. The van der Waals surface area contributed by atoms with Crippen molar-refractivity contribution in [2.45, 2.75) is 4.90 Å². The molecule has 1 aromatic heterocycles. The van der Waals surface area contributed by atoms with Crippen LogP contribution in [0.25, 0.3) is 28.1 Å². The molecular formula is C27H22ClN3O3S. The first-order valence-electron chi connectivity index (χ1n) is 10.9. The molecule has 0 aliphatic heterocycles. The molecule has 6 nitrogen and oxygen atoms in total. The van der Waals surface area contributed by atoms with Crippen molar-refractivity contribution in [3.63, 3.8) is 0 Å². The van der Waals surface area contributed by atoms with E-state index >= 15 is 0 Å². The average molecular weight is 504 g/mol. The van der Waals surface area contributed by atoms with Crippen LogP contribution in [0.3, 0.4) is 0 Å². The van der Waals surface area contributed by atoms with Gasteiger partial charge in [-0.15, -0.1) is 0 Å². The van der Waals surface area contributed by atoms with E-state index in [1.165, 1.54) is 23.5 Å². The van der Waals surface area contributed by atoms with Crippen LogP contribution in [0.4, 0.5) is 5.69 Å². The Labute approximate surface area is 209 Å². The van der Waals surface area contributed by atoms with Crippen LogP contribution in [0.1, 0.15) is 0 Å². The average Bonchev–Trinajstić information content (AvgIpc) is 3.28. The molecule has 0 spiro atoms. The largest absolute Gasteiger partial charge is 0.497 e. The maximum absolute atomic E-state index is 13.3. The fourth-order valence-corrected chi connectivity index (χ4v) is 5.25. The highest BCUT2D eigenvalue weighted by Crippen LogP contribution is 2.33. The van der Waals surface area contributed by atoms with E-state index in [2.05, 4.69) is 0 Å². The van der Waals surface area contributed by atoms with Crippen LogP contribution in [-0.4, -0.2) is 32.1 Å². The molecule has 0 unspecified atom stereocenters. The second-order valence-electron chi connectivity index (χ2n) is 7.93. The third kappa shape index (κ3) is 4.24. The Morgan fingerprint density at radius 2 is 1.57 bits per heavy atom. The van der Waals surface area contributed by atoms with Gasteiger partial charge >= 0.3 is 0 Å². The van der Waals surface area contributed by atoms with Gasteiger partial charge in [-0.2, -0.15) is 0 Å². The summed E-state index contributed by atoms with van der Waals surface area (Å²) in [5.74, 6) is 1.50. The van der Waals surface area contributed by atoms with Crippen LogP contribution in [0.15, 0.2) is 102 Å². The minimum atomic E-state index is -3.78. The zero-order valence-electron chi connectivity index (χ0n) is 19.1. The number of benzene rings is 4. The number of ether oxygens (including phenoxy) is 1. The number of halogens is 1. The molecule has 5 rings (SSSR count). The van der Waals surface area contributed by atoms with Gasteiger partial charge in [-0.3, -0.25) is 8.87 Å². The normalized spacial score (nSPS) is 11.5. The van der Waals surface area contributed by atoms with E-state index in [1.807, 2.05) is 71.3 Å². The lowest BCUT2D eigenvalue weighted by Crippen LogP contribution is -2.26. The maximum atomic E-state index is 13.3. The molecule has 0 radical (unpaired) electrons. The fraction of sp³-hybridized carbons (Fsp3) is 0.0741. The number of hydrogen-bond donors (Lipinski definition) is 0. The number of aromatic nitrogens is 2. The zero-order valence-corrected chi connectivity index (χ0v) is 20.7. The molecular weight excluding hydrogens is 482 g/mol. The monoisotopic (exact) mass is 503 g/mol. The lowest BCUT2D eigenvalue weighted by atomic mass is 10.2. The summed E-state index contributed by atoms with van der Waals surface area (Å²) in [5.41, 5.74) is 3.88. The van der Waals surface area contributed by atoms with E-state index in [9.17, 15) is 8.42 Å². The van der Waals surface area contributed by atoms with Crippen LogP contribution >= 0.6 is 11.6 Å². The number of rotatable bonds is 6. The van der Waals surface area contributed by atoms with Crippen molar-refractivity contribution >= 4 is 38.3 Å². The molecule has 4 aromatic carbocycles. The molecule has 0 bridgehead atoms. The van der Waals surface area contributed by atoms with E-state index in [0.29, 0.717) is 10.7 Å². The van der Waals surface area contributed by atoms with Gasteiger partial charge in [-0.1, -0.05) is 41.9 Å². The number of imidazole rings is 1. The summed E-state index contributed by atoms with van der Waals surface area (Å²) in [7, 11) is -0.617. The summed E-state index contributed by atoms with van der Waals surface area (Å²) in [6.07, 6.45) is 0. The Hall–Kier alpha value is -3.81. The molecule has 5 aromatic rings. The van der Waals surface area contributed by atoms with E-state index < -0.39 is 10.0 Å². The molecule has 0 N–H and O–H groups in total. The molecule has 1 heterocycles. The third-order valence-electron chi connectivity index (χ3n) is 5.84. The first-order valence-corrected chi connectivity index (χ1v) is 12.7. The quantitative estimate of drug-likeness (QED) is 0.277. The predicted molar refractivity (Wildman–Crippen MR) is 140 cm³/mol. The lowest BCUT2D eigenvalue weighted by molar-refractivity contribution is 0.415. The summed E-state index contributed by atoms with van der Waals surface area (Å²) >= 11 is 5.95. The topological polar surface area (TPSA) is 64.4 Å². The zero-order chi connectivity index (χ0) is 24.6. The highest BCUT2D eigenvalue weighted by Gasteiger charge is 2.23. The maximum Gasteiger partial charge on any atom is 0.264 e. The highest BCUT2D eigenvalue weighted by atomic mass is 35.5. The van der Waals surface area contributed by atoms with E-state index in [4.69, 9.17) is 21.3 Å². The van der Waals surface area contributed by atoms with Crippen LogP contribution in [0.2, 0.25) is 5.02 Å². The minimum Gasteiger partial charge on any atom is -0.497 e. The van der Waals surface area contributed by atoms with Crippen molar-refractivity contribution in [3.8, 4) is 22.8 Å². The number of anilines is 1. The number of hydrogen-bond acceptors (Lipinski definition) is 4. The van der Waals surface area contributed by atoms with E-state index in [1.54, 1.807) is 25.3 Å². The molecule has 0 amide bonds. The third-order valence-corrected chi connectivity index (χ3v) is 7.89. The molecule has 8 heteroatoms. The summed E-state index contributed by atoms with van der Waals surface area (Å²) in [5, 5.41) is 0.477. The fourth-order valence-electron chi connectivity index (χ4n) is 3.94. The SMILES string of the molecule is COc1ccc(-n2c(-c3ccccc3)nc3ccc(N(C)S(=O)(=O)c4ccc(Cl)cc4)cc32)cc1. The van der Waals surface area contributed by atoms with Crippen molar-refractivity contribution in [2.75, 3.05) is 18.5 Å². The van der Waals surface area contributed by atoms with Crippen molar-refractivity contribution in [1.82, 2.24) is 9.55 Å². The number of sulfonamides is 1. The molecule has 0 fully saturated rings. The summed E-state index contributed by atoms with van der Waals surface area (Å²) < 4.78 is 35.2. The van der Waals surface area contributed by atoms with E-state index in [0.717, 1.165) is 33.9 Å². The number of nitrogens with zero attached hydrogens (tertiary/aromatic N) is 3. The van der Waals surface area contributed by atoms with Crippen molar-refractivity contribution in [3.05, 3.63) is 102 Å². The Bertz CT molecular complexity index is 1600. The van der Waals surface area contributed by atoms with Crippen molar-refractivity contribution < 1.29 is 13.2 Å². The second-order valence-corrected chi connectivity index (χ2v) is 10.3. The Morgan fingerprint density at radius 3 is 2.23 bits per heavy atom. The van der Waals surface area contributed by atoms with Gasteiger partial charge in [0.1, 0.15) is 11.6 Å². The Balaban J connectivity index is 1.68.